The molecule has 23 heavy (non-hydrogen) atoms. The quantitative estimate of drug-likeness (QED) is 0.781. The van der Waals surface area contributed by atoms with Gasteiger partial charge in [-0.05, 0) is 25.3 Å². The second-order valence-electron chi connectivity index (χ2n) is 5.90. The van der Waals surface area contributed by atoms with Gasteiger partial charge in [0.05, 0.1) is 31.7 Å². The standard InChI is InChI=1S/C16H19N3O4/c1-8-5-10-11(15(21)19(2)14(10)20)6-9(8)12-7-13(22-3)18-16(17-12)23-4/h7,10-11H,5-6H2,1-4H3/t10-,11+/m0/s1. The molecule has 1 aromatic rings. The Balaban J connectivity index is 2.01. The van der Waals surface area contributed by atoms with Crippen LogP contribution in [0.3, 0.4) is 0 Å². The Morgan fingerprint density at radius 2 is 1.74 bits per heavy atom. The van der Waals surface area contributed by atoms with Gasteiger partial charge in [0, 0.05) is 13.1 Å². The summed E-state index contributed by atoms with van der Waals surface area (Å²) in [6.45, 7) is 1.97. The Morgan fingerprint density at radius 3 is 2.35 bits per heavy atom. The summed E-state index contributed by atoms with van der Waals surface area (Å²) < 4.78 is 10.3. The molecular weight excluding hydrogens is 298 g/mol. The number of allylic oxidation sites excluding steroid dienone is 2. The zero-order valence-corrected chi connectivity index (χ0v) is 13.6. The van der Waals surface area contributed by atoms with Crippen molar-refractivity contribution in [2.24, 2.45) is 11.8 Å². The Kier molecular flexibility index (Phi) is 3.79. The fourth-order valence-electron chi connectivity index (χ4n) is 3.33. The average molecular weight is 317 g/mol. The van der Waals surface area contributed by atoms with Crippen molar-refractivity contribution in [3.05, 3.63) is 17.3 Å². The summed E-state index contributed by atoms with van der Waals surface area (Å²) in [6, 6.07) is 1.94. The summed E-state index contributed by atoms with van der Waals surface area (Å²) >= 11 is 0. The first-order valence-electron chi connectivity index (χ1n) is 7.43. The molecule has 0 saturated carbocycles. The topological polar surface area (TPSA) is 81.6 Å². The fourth-order valence-corrected chi connectivity index (χ4v) is 3.33. The van der Waals surface area contributed by atoms with E-state index in [1.807, 2.05) is 6.92 Å². The van der Waals surface area contributed by atoms with Gasteiger partial charge < -0.3 is 9.47 Å². The van der Waals surface area contributed by atoms with Gasteiger partial charge in [0.2, 0.25) is 17.7 Å². The predicted octanol–water partition coefficient (Wildman–Crippen LogP) is 1.29. The third-order valence-electron chi connectivity index (χ3n) is 4.63. The molecular formula is C16H19N3O4. The molecule has 1 saturated heterocycles. The number of carbonyl (C=O) groups excluding carboxylic acids is 2. The lowest BCUT2D eigenvalue weighted by molar-refractivity contribution is -0.138. The lowest BCUT2D eigenvalue weighted by atomic mass is 9.76. The molecule has 2 aliphatic rings. The predicted molar refractivity (Wildman–Crippen MR) is 81.7 cm³/mol. The molecule has 0 spiro atoms. The first kappa shape index (κ1) is 15.5. The molecule has 0 bridgehead atoms. The van der Waals surface area contributed by atoms with E-state index in [-0.39, 0.29) is 29.7 Å². The zero-order valence-electron chi connectivity index (χ0n) is 13.6. The summed E-state index contributed by atoms with van der Waals surface area (Å²) in [6.07, 6.45) is 1.07. The van der Waals surface area contributed by atoms with E-state index >= 15 is 0 Å². The third kappa shape index (κ3) is 2.46. The molecule has 3 rings (SSSR count). The van der Waals surface area contributed by atoms with Gasteiger partial charge in [-0.2, -0.15) is 9.97 Å². The van der Waals surface area contributed by atoms with Crippen molar-refractivity contribution in [1.82, 2.24) is 14.9 Å². The van der Waals surface area contributed by atoms with E-state index in [0.717, 1.165) is 11.1 Å². The smallest absolute Gasteiger partial charge is 0.319 e. The highest BCUT2D eigenvalue weighted by atomic mass is 16.5. The second kappa shape index (κ2) is 5.64. The number of aromatic nitrogens is 2. The van der Waals surface area contributed by atoms with Gasteiger partial charge in [0.15, 0.2) is 0 Å². The largest absolute Gasteiger partial charge is 0.481 e. The number of amides is 2. The van der Waals surface area contributed by atoms with Crippen LogP contribution < -0.4 is 9.47 Å². The first-order chi connectivity index (χ1) is 11.0. The number of methoxy groups -OCH3 is 2. The Hall–Kier alpha value is -2.44. The summed E-state index contributed by atoms with van der Waals surface area (Å²) in [5.41, 5.74) is 2.70. The maximum absolute atomic E-state index is 12.3. The van der Waals surface area contributed by atoms with Gasteiger partial charge in [0.25, 0.3) is 0 Å². The highest BCUT2D eigenvalue weighted by Crippen LogP contribution is 2.43. The van der Waals surface area contributed by atoms with Crippen molar-refractivity contribution < 1.29 is 19.1 Å². The van der Waals surface area contributed by atoms with E-state index in [1.165, 1.54) is 19.1 Å². The van der Waals surface area contributed by atoms with Gasteiger partial charge in [-0.25, -0.2) is 0 Å². The molecule has 1 aromatic heterocycles. The van der Waals surface area contributed by atoms with Crippen LogP contribution in [0.1, 0.15) is 25.5 Å². The van der Waals surface area contributed by atoms with Gasteiger partial charge in [-0.3, -0.25) is 14.5 Å². The molecule has 122 valence electrons. The van der Waals surface area contributed by atoms with Crippen molar-refractivity contribution in [3.8, 4) is 11.9 Å². The molecule has 2 amide bonds. The molecule has 7 heteroatoms. The van der Waals surface area contributed by atoms with Crippen molar-refractivity contribution in [2.75, 3.05) is 21.3 Å². The minimum atomic E-state index is -0.307. The van der Waals surface area contributed by atoms with Crippen molar-refractivity contribution in [3.63, 3.8) is 0 Å². The minimum Gasteiger partial charge on any atom is -0.481 e. The second-order valence-corrected chi connectivity index (χ2v) is 5.90. The Morgan fingerprint density at radius 1 is 1.09 bits per heavy atom. The van der Waals surface area contributed by atoms with E-state index in [1.54, 1.807) is 13.1 Å². The first-order valence-corrected chi connectivity index (χ1v) is 7.43. The number of carbonyl (C=O) groups is 2. The number of rotatable bonds is 3. The van der Waals surface area contributed by atoms with E-state index in [9.17, 15) is 9.59 Å². The highest BCUT2D eigenvalue weighted by molar-refractivity contribution is 6.06. The highest BCUT2D eigenvalue weighted by Gasteiger charge is 2.48. The molecule has 0 aromatic carbocycles. The van der Waals surface area contributed by atoms with Crippen LogP contribution in [0.5, 0.6) is 11.9 Å². The van der Waals surface area contributed by atoms with Crippen LogP contribution in [0.15, 0.2) is 11.6 Å². The van der Waals surface area contributed by atoms with Crippen LogP contribution in [-0.4, -0.2) is 47.9 Å². The minimum absolute atomic E-state index is 0.0868. The molecule has 1 aliphatic carbocycles. The van der Waals surface area contributed by atoms with Gasteiger partial charge in [-0.1, -0.05) is 5.57 Å². The molecule has 0 N–H and O–H groups in total. The molecule has 2 atom stereocenters. The number of fused-ring (bicyclic) bond motifs is 1. The number of nitrogens with zero attached hydrogens (tertiary/aromatic N) is 3. The third-order valence-corrected chi connectivity index (χ3v) is 4.63. The lowest BCUT2D eigenvalue weighted by Gasteiger charge is -2.25. The van der Waals surface area contributed by atoms with Crippen molar-refractivity contribution in [2.45, 2.75) is 19.8 Å². The van der Waals surface area contributed by atoms with Crippen LogP contribution in [-0.2, 0) is 9.59 Å². The SMILES string of the molecule is COc1cc(C2=C(C)C[C@@H]3C(=O)N(C)C(=O)[C@@H]3C2)nc(OC)n1. The van der Waals surface area contributed by atoms with E-state index in [2.05, 4.69) is 9.97 Å². The van der Waals surface area contributed by atoms with E-state index in [0.29, 0.717) is 24.4 Å². The zero-order chi connectivity index (χ0) is 16.7. The van der Waals surface area contributed by atoms with Crippen molar-refractivity contribution >= 4 is 17.4 Å². The molecule has 1 fully saturated rings. The fraction of sp³-hybridized carbons (Fsp3) is 0.500. The maximum atomic E-state index is 12.3. The van der Waals surface area contributed by atoms with Crippen LogP contribution in [0.25, 0.3) is 5.57 Å². The van der Waals surface area contributed by atoms with Crippen LogP contribution in [0, 0.1) is 11.8 Å². The normalized spacial score (nSPS) is 24.1. The Labute approximate surface area is 134 Å². The summed E-state index contributed by atoms with van der Waals surface area (Å²) in [5.74, 6) is -0.352. The van der Waals surface area contributed by atoms with Gasteiger partial charge in [0.1, 0.15) is 0 Å². The monoisotopic (exact) mass is 317 g/mol. The summed E-state index contributed by atoms with van der Waals surface area (Å²) in [7, 11) is 4.57. The number of hydrogen-bond acceptors (Lipinski definition) is 6. The lowest BCUT2D eigenvalue weighted by Crippen LogP contribution is -2.26. The average Bonchev–Trinajstić information content (AvgIpc) is 2.77. The van der Waals surface area contributed by atoms with Crippen LogP contribution in [0.2, 0.25) is 0 Å². The van der Waals surface area contributed by atoms with E-state index in [4.69, 9.17) is 9.47 Å². The maximum Gasteiger partial charge on any atom is 0.319 e. The molecule has 2 heterocycles. The van der Waals surface area contributed by atoms with Crippen LogP contribution in [0.4, 0.5) is 0 Å². The summed E-state index contributed by atoms with van der Waals surface area (Å²) in [5, 5.41) is 0. The number of hydrogen-bond donors (Lipinski definition) is 0. The number of likely N-dealkylation sites (tertiary alicyclic amines) is 1. The van der Waals surface area contributed by atoms with E-state index < -0.39 is 0 Å². The van der Waals surface area contributed by atoms with Gasteiger partial charge >= 0.3 is 6.01 Å². The molecule has 7 nitrogen and oxygen atoms in total. The Bertz CT molecular complexity index is 691. The number of imide groups is 1. The van der Waals surface area contributed by atoms with Gasteiger partial charge in [-0.15, -0.1) is 0 Å². The molecule has 0 radical (unpaired) electrons. The molecule has 1 aliphatic heterocycles. The summed E-state index contributed by atoms with van der Waals surface area (Å²) in [4.78, 5) is 34.1. The van der Waals surface area contributed by atoms with Crippen molar-refractivity contribution in [1.29, 1.82) is 0 Å². The van der Waals surface area contributed by atoms with Crippen LogP contribution >= 0.6 is 0 Å². The molecule has 0 unspecified atom stereocenters. The number of ether oxygens (including phenoxy) is 2.